The van der Waals surface area contributed by atoms with Gasteiger partial charge in [0.2, 0.25) is 0 Å². The Hall–Kier alpha value is -4.94. The number of anilines is 2. The minimum absolute atomic E-state index is 0.0997. The van der Waals surface area contributed by atoms with E-state index >= 15 is 0 Å². The Morgan fingerprint density at radius 1 is 0.783 bits per heavy atom. The van der Waals surface area contributed by atoms with E-state index in [1.54, 1.807) is 47.4 Å². The smallest absolute Gasteiger partial charge is 0.399 e. The highest BCUT2D eigenvalue weighted by Gasteiger charge is 2.51. The number of Topliss-reactive ketones (excluding diaryl/α,β-unsaturated/α-hetero) is 1. The molecule has 0 saturated carbocycles. The zero-order valence-electron chi connectivity index (χ0n) is 26.3. The molecule has 6 rings (SSSR count). The summed E-state index contributed by atoms with van der Waals surface area (Å²) >= 11 is 0. The normalized spacial score (nSPS) is 17.2. The molecule has 0 atom stereocenters. The average molecular weight is 622 g/mol. The third-order valence-corrected chi connectivity index (χ3v) is 8.95. The summed E-state index contributed by atoms with van der Waals surface area (Å²) in [4.78, 5) is 58.6. The van der Waals surface area contributed by atoms with Crippen LogP contribution in [0, 0.1) is 0 Å². The Balaban J connectivity index is 1.09. The summed E-state index contributed by atoms with van der Waals surface area (Å²) in [6.07, 6.45) is 1.48. The van der Waals surface area contributed by atoms with Gasteiger partial charge in [-0.15, -0.1) is 0 Å². The molecule has 2 saturated heterocycles. The fourth-order valence-electron chi connectivity index (χ4n) is 5.61. The van der Waals surface area contributed by atoms with Crippen molar-refractivity contribution < 1.29 is 28.5 Å². The van der Waals surface area contributed by atoms with Gasteiger partial charge in [-0.1, -0.05) is 42.5 Å². The van der Waals surface area contributed by atoms with Crippen molar-refractivity contribution in [2.24, 2.45) is 0 Å². The molecule has 2 fully saturated rings. The first-order valence-corrected chi connectivity index (χ1v) is 15.3. The Kier molecular flexibility index (Phi) is 8.18. The zero-order chi connectivity index (χ0) is 32.6. The molecule has 0 spiro atoms. The van der Waals surface area contributed by atoms with Crippen LogP contribution in [0.25, 0.3) is 10.9 Å². The van der Waals surface area contributed by atoms with Gasteiger partial charge in [0.25, 0.3) is 17.6 Å². The second-order valence-electron chi connectivity index (χ2n) is 12.5. The number of piperazine rings is 1. The van der Waals surface area contributed by atoms with Crippen LogP contribution in [0.15, 0.2) is 79.0 Å². The van der Waals surface area contributed by atoms with Gasteiger partial charge < -0.3 is 34.7 Å². The molecule has 0 bridgehead atoms. The highest BCUT2D eigenvalue weighted by molar-refractivity contribution is 6.62. The van der Waals surface area contributed by atoms with Crippen molar-refractivity contribution in [2.45, 2.75) is 38.9 Å². The summed E-state index contributed by atoms with van der Waals surface area (Å²) < 4.78 is 12.3. The van der Waals surface area contributed by atoms with Crippen molar-refractivity contribution in [2.75, 3.05) is 36.8 Å². The molecule has 2 aliphatic rings. The Morgan fingerprint density at radius 3 is 2.13 bits per heavy atom. The van der Waals surface area contributed by atoms with Crippen LogP contribution in [-0.4, -0.2) is 82.9 Å². The minimum Gasteiger partial charge on any atom is -0.399 e. The van der Waals surface area contributed by atoms with Gasteiger partial charge in [0.05, 0.1) is 28.0 Å². The van der Waals surface area contributed by atoms with E-state index in [1.807, 2.05) is 58.0 Å². The maximum absolute atomic E-state index is 13.3. The number of carbonyl (C=O) groups is 4. The van der Waals surface area contributed by atoms with Crippen molar-refractivity contribution in [1.29, 1.82) is 0 Å². The van der Waals surface area contributed by atoms with Gasteiger partial charge in [0, 0.05) is 49.0 Å². The van der Waals surface area contributed by atoms with Crippen LogP contribution in [0.5, 0.6) is 0 Å². The van der Waals surface area contributed by atoms with Crippen LogP contribution >= 0.6 is 0 Å². The lowest BCUT2D eigenvalue weighted by atomic mass is 9.79. The molecular formula is C34H36BN5O6. The number of aromatic amines is 1. The predicted octanol–water partition coefficient (Wildman–Crippen LogP) is 4.28. The fraction of sp³-hybridized carbons (Fsp3) is 0.294. The highest BCUT2D eigenvalue weighted by Crippen LogP contribution is 2.36. The number of carbonyl (C=O) groups excluding carboxylic acids is 4. The van der Waals surface area contributed by atoms with Gasteiger partial charge in [-0.25, -0.2) is 4.79 Å². The van der Waals surface area contributed by atoms with Crippen molar-refractivity contribution in [3.05, 3.63) is 90.1 Å². The molecule has 1 aromatic heterocycles. The SMILES string of the molecule is CC1(C)OB(c2cccc(NC(=O)Nc3cccc4c(C(=O)C(=O)N5CCN(C(=O)c6ccccc6)CC5)c[nH]c34)c2)OC1(C)C. The molecule has 3 N–H and O–H groups in total. The summed E-state index contributed by atoms with van der Waals surface area (Å²) in [6, 6.07) is 20.9. The Bertz CT molecular complexity index is 1800. The second-order valence-corrected chi connectivity index (χ2v) is 12.5. The second kappa shape index (κ2) is 12.1. The number of rotatable bonds is 6. The largest absolute Gasteiger partial charge is 0.494 e. The van der Waals surface area contributed by atoms with Crippen LogP contribution in [0.3, 0.4) is 0 Å². The van der Waals surface area contributed by atoms with Crippen molar-refractivity contribution in [3.8, 4) is 0 Å². The molecule has 3 heterocycles. The number of aromatic nitrogens is 1. The average Bonchev–Trinajstić information content (AvgIpc) is 3.58. The van der Waals surface area contributed by atoms with Gasteiger partial charge in [0.15, 0.2) is 0 Å². The number of amides is 4. The number of nitrogens with one attached hydrogen (secondary N) is 3. The molecule has 12 heteroatoms. The molecule has 3 aromatic carbocycles. The highest BCUT2D eigenvalue weighted by atomic mass is 16.7. The number of ketones is 1. The Morgan fingerprint density at radius 2 is 1.43 bits per heavy atom. The summed E-state index contributed by atoms with van der Waals surface area (Å²) in [6.45, 7) is 9.12. The number of para-hydroxylation sites is 1. The lowest BCUT2D eigenvalue weighted by molar-refractivity contribution is -0.127. The summed E-state index contributed by atoms with van der Waals surface area (Å²) in [7, 11) is -0.568. The maximum atomic E-state index is 13.3. The molecule has 236 valence electrons. The van der Waals surface area contributed by atoms with Gasteiger partial charge >= 0.3 is 13.1 Å². The topological polar surface area (TPSA) is 133 Å². The quantitative estimate of drug-likeness (QED) is 0.167. The Labute approximate surface area is 267 Å². The van der Waals surface area contributed by atoms with Gasteiger partial charge in [-0.05, 0) is 63.5 Å². The van der Waals surface area contributed by atoms with E-state index < -0.39 is 36.0 Å². The molecule has 4 amide bonds. The third kappa shape index (κ3) is 6.01. The van der Waals surface area contributed by atoms with E-state index in [0.717, 1.165) is 5.46 Å². The predicted molar refractivity (Wildman–Crippen MR) is 176 cm³/mol. The van der Waals surface area contributed by atoms with Crippen molar-refractivity contribution >= 4 is 58.5 Å². The number of benzene rings is 3. The fourth-order valence-corrected chi connectivity index (χ4v) is 5.61. The first kappa shape index (κ1) is 31.1. The molecule has 11 nitrogen and oxygen atoms in total. The lowest BCUT2D eigenvalue weighted by Crippen LogP contribution is -2.52. The number of nitrogens with zero attached hydrogens (tertiary/aromatic N) is 2. The number of urea groups is 1. The number of H-pyrrole nitrogens is 1. The van der Waals surface area contributed by atoms with Crippen LogP contribution in [-0.2, 0) is 14.1 Å². The number of hydrogen-bond acceptors (Lipinski definition) is 6. The van der Waals surface area contributed by atoms with E-state index in [-0.39, 0.29) is 24.6 Å². The lowest BCUT2D eigenvalue weighted by Gasteiger charge is -2.34. The number of fused-ring (bicyclic) bond motifs is 1. The monoisotopic (exact) mass is 621 g/mol. The van der Waals surface area contributed by atoms with Gasteiger partial charge in [-0.2, -0.15) is 0 Å². The first-order valence-electron chi connectivity index (χ1n) is 15.3. The van der Waals surface area contributed by atoms with Crippen molar-refractivity contribution in [3.63, 3.8) is 0 Å². The zero-order valence-corrected chi connectivity index (χ0v) is 26.3. The molecule has 0 aliphatic carbocycles. The van der Waals surface area contributed by atoms with Crippen LogP contribution < -0.4 is 16.1 Å². The minimum atomic E-state index is -0.657. The molecule has 0 unspecified atom stereocenters. The summed E-state index contributed by atoms with van der Waals surface area (Å²) in [5, 5.41) is 6.19. The molecule has 0 radical (unpaired) electrons. The van der Waals surface area contributed by atoms with Crippen LogP contribution in [0.1, 0.15) is 48.4 Å². The van der Waals surface area contributed by atoms with Crippen LogP contribution in [0.4, 0.5) is 16.2 Å². The molecule has 4 aromatic rings. The van der Waals surface area contributed by atoms with E-state index in [1.165, 1.54) is 11.1 Å². The molecule has 2 aliphatic heterocycles. The van der Waals surface area contributed by atoms with Crippen LogP contribution in [0.2, 0.25) is 0 Å². The summed E-state index contributed by atoms with van der Waals surface area (Å²) in [5.41, 5.74) is 2.10. The maximum Gasteiger partial charge on any atom is 0.494 e. The van der Waals surface area contributed by atoms with E-state index in [9.17, 15) is 19.2 Å². The van der Waals surface area contributed by atoms with E-state index in [2.05, 4.69) is 15.6 Å². The van der Waals surface area contributed by atoms with E-state index in [0.29, 0.717) is 40.9 Å². The van der Waals surface area contributed by atoms with Gasteiger partial charge in [0.1, 0.15) is 0 Å². The number of hydrogen-bond donors (Lipinski definition) is 3. The van der Waals surface area contributed by atoms with E-state index in [4.69, 9.17) is 9.31 Å². The molecule has 46 heavy (non-hydrogen) atoms. The third-order valence-electron chi connectivity index (χ3n) is 8.95. The molecular weight excluding hydrogens is 585 g/mol. The standard InChI is InChI=1S/C34H36BN5O6/c1-33(2)34(3,4)46-35(45-33)23-12-8-13-24(20-23)37-32(44)38-27-15-9-14-25-26(21-36-28(25)27)29(41)31(43)40-18-16-39(17-19-40)30(42)22-10-6-5-7-11-22/h5-15,20-21,36H,16-19H2,1-4H3,(H2,37,38,44). The van der Waals surface area contributed by atoms with Crippen molar-refractivity contribution in [1.82, 2.24) is 14.8 Å². The van der Waals surface area contributed by atoms with Gasteiger partial charge in [-0.3, -0.25) is 14.4 Å². The summed E-state index contributed by atoms with van der Waals surface area (Å²) in [5.74, 6) is -1.39. The first-order chi connectivity index (χ1) is 21.9.